The third-order valence-electron chi connectivity index (χ3n) is 3.70. The van der Waals surface area contributed by atoms with E-state index in [0.29, 0.717) is 12.4 Å². The van der Waals surface area contributed by atoms with Crippen molar-refractivity contribution in [3.05, 3.63) is 62.7 Å². The van der Waals surface area contributed by atoms with Crippen LogP contribution in [0, 0.1) is 24.0 Å². The van der Waals surface area contributed by atoms with Crippen molar-refractivity contribution in [2.45, 2.75) is 31.1 Å². The first-order valence-corrected chi connectivity index (χ1v) is 8.24. The van der Waals surface area contributed by atoms with E-state index in [-0.39, 0.29) is 17.4 Å². The van der Waals surface area contributed by atoms with Crippen LogP contribution in [0.4, 0.5) is 5.69 Å². The van der Waals surface area contributed by atoms with Crippen LogP contribution in [0.15, 0.2) is 35.2 Å². The minimum absolute atomic E-state index is 0.0779. The molecule has 23 heavy (non-hydrogen) atoms. The second kappa shape index (κ2) is 6.60. The van der Waals surface area contributed by atoms with Gasteiger partial charge in [0.1, 0.15) is 5.75 Å². The molecule has 0 bridgehead atoms. The summed E-state index contributed by atoms with van der Waals surface area (Å²) >= 11 is 1.66. The molecule has 0 saturated carbocycles. The minimum atomic E-state index is -0.375. The summed E-state index contributed by atoms with van der Waals surface area (Å²) in [6.07, 6.45) is 0. The molecule has 1 aliphatic rings. The van der Waals surface area contributed by atoms with Crippen molar-refractivity contribution in [3.8, 4) is 5.75 Å². The van der Waals surface area contributed by atoms with Gasteiger partial charge in [0.25, 0.3) is 5.69 Å². The van der Waals surface area contributed by atoms with Gasteiger partial charge in [0.05, 0.1) is 11.5 Å². The van der Waals surface area contributed by atoms with Gasteiger partial charge in [0, 0.05) is 33.9 Å². The topological polar surface area (TPSA) is 61.6 Å². The zero-order chi connectivity index (χ0) is 16.4. The van der Waals surface area contributed by atoms with Gasteiger partial charge in [0.15, 0.2) is 6.79 Å². The lowest BCUT2D eigenvalue weighted by molar-refractivity contribution is -0.385. The molecule has 0 N–H and O–H groups in total. The fraction of sp³-hybridized carbons (Fsp3) is 0.294. The van der Waals surface area contributed by atoms with Crippen LogP contribution >= 0.6 is 11.8 Å². The Morgan fingerprint density at radius 1 is 1.26 bits per heavy atom. The van der Waals surface area contributed by atoms with Crippen LogP contribution in [-0.2, 0) is 17.1 Å². The van der Waals surface area contributed by atoms with Crippen molar-refractivity contribution >= 4 is 17.4 Å². The second-order valence-electron chi connectivity index (χ2n) is 5.52. The van der Waals surface area contributed by atoms with Crippen molar-refractivity contribution in [2.24, 2.45) is 0 Å². The van der Waals surface area contributed by atoms with Gasteiger partial charge in [-0.15, -0.1) is 11.8 Å². The Bertz CT molecular complexity index is 760. The molecule has 0 spiro atoms. The second-order valence-corrected chi connectivity index (χ2v) is 6.54. The van der Waals surface area contributed by atoms with Crippen molar-refractivity contribution in [2.75, 3.05) is 6.79 Å². The van der Waals surface area contributed by atoms with Gasteiger partial charge in [0.2, 0.25) is 0 Å². The molecule has 0 unspecified atom stereocenters. The highest BCUT2D eigenvalue weighted by Gasteiger charge is 2.21. The molecule has 0 aliphatic carbocycles. The summed E-state index contributed by atoms with van der Waals surface area (Å²) in [5, 5.41) is 11.1. The molecule has 120 valence electrons. The van der Waals surface area contributed by atoms with Gasteiger partial charge in [-0.1, -0.05) is 17.7 Å². The van der Waals surface area contributed by atoms with E-state index in [1.807, 2.05) is 0 Å². The average Bonchev–Trinajstić information content (AvgIpc) is 2.53. The lowest BCUT2D eigenvalue weighted by atomic mass is 10.1. The maximum atomic E-state index is 11.1. The van der Waals surface area contributed by atoms with Crippen LogP contribution in [0.2, 0.25) is 0 Å². The molecule has 0 saturated heterocycles. The zero-order valence-corrected chi connectivity index (χ0v) is 13.8. The predicted molar refractivity (Wildman–Crippen MR) is 88.9 cm³/mol. The average molecular weight is 331 g/mol. The molecule has 5 nitrogen and oxygen atoms in total. The first kappa shape index (κ1) is 15.8. The van der Waals surface area contributed by atoms with E-state index in [4.69, 9.17) is 9.47 Å². The van der Waals surface area contributed by atoms with Gasteiger partial charge < -0.3 is 9.47 Å². The fourth-order valence-electron chi connectivity index (χ4n) is 2.61. The van der Waals surface area contributed by atoms with Crippen LogP contribution in [0.25, 0.3) is 0 Å². The Morgan fingerprint density at radius 2 is 2.09 bits per heavy atom. The number of aryl methyl sites for hydroxylation is 2. The Hall–Kier alpha value is -2.05. The Labute approximate surface area is 138 Å². The molecular weight excluding hydrogens is 314 g/mol. The number of benzene rings is 2. The highest BCUT2D eigenvalue weighted by molar-refractivity contribution is 7.98. The summed E-state index contributed by atoms with van der Waals surface area (Å²) in [5.41, 5.74) is 4.08. The van der Waals surface area contributed by atoms with Gasteiger partial charge in [-0.2, -0.15) is 0 Å². The number of non-ortho nitro benzene ring substituents is 1. The lowest BCUT2D eigenvalue weighted by Crippen LogP contribution is -2.13. The van der Waals surface area contributed by atoms with Crippen LogP contribution in [0.1, 0.15) is 22.3 Å². The molecule has 0 atom stereocenters. The molecule has 0 radical (unpaired) electrons. The van der Waals surface area contributed by atoms with Crippen molar-refractivity contribution in [1.82, 2.24) is 0 Å². The van der Waals surface area contributed by atoms with Crippen LogP contribution in [-0.4, -0.2) is 11.7 Å². The molecule has 1 heterocycles. The number of nitro groups is 1. The maximum Gasteiger partial charge on any atom is 0.270 e. The van der Waals surface area contributed by atoms with Gasteiger partial charge in [-0.05, 0) is 25.5 Å². The van der Waals surface area contributed by atoms with Gasteiger partial charge in [-0.25, -0.2) is 0 Å². The van der Waals surface area contributed by atoms with E-state index in [9.17, 15) is 10.1 Å². The Kier molecular flexibility index (Phi) is 4.54. The Balaban J connectivity index is 1.89. The smallest absolute Gasteiger partial charge is 0.270 e. The molecule has 6 heteroatoms. The van der Waals surface area contributed by atoms with Crippen molar-refractivity contribution in [3.63, 3.8) is 0 Å². The van der Waals surface area contributed by atoms with Crippen molar-refractivity contribution in [1.29, 1.82) is 0 Å². The van der Waals surface area contributed by atoms with Crippen LogP contribution < -0.4 is 4.74 Å². The molecule has 1 aliphatic heterocycles. The summed E-state index contributed by atoms with van der Waals surface area (Å²) < 4.78 is 10.8. The zero-order valence-electron chi connectivity index (χ0n) is 13.0. The van der Waals surface area contributed by atoms with E-state index in [1.54, 1.807) is 17.8 Å². The normalized spacial score (nSPS) is 13.3. The maximum absolute atomic E-state index is 11.1. The summed E-state index contributed by atoms with van der Waals surface area (Å²) in [7, 11) is 0. The van der Waals surface area contributed by atoms with E-state index >= 15 is 0 Å². The summed E-state index contributed by atoms with van der Waals surface area (Å²) in [6, 6.07) is 9.42. The molecule has 2 aromatic carbocycles. The number of hydrogen-bond donors (Lipinski definition) is 0. The SMILES string of the molecule is Cc1ccc(SCc2cc([N+](=O)[O-])cc3c2OCOC3)c(C)c1. The first-order chi connectivity index (χ1) is 11.0. The molecule has 0 aromatic heterocycles. The number of thioether (sulfide) groups is 1. The monoisotopic (exact) mass is 331 g/mol. The number of fused-ring (bicyclic) bond motifs is 1. The largest absolute Gasteiger partial charge is 0.467 e. The summed E-state index contributed by atoms with van der Waals surface area (Å²) in [4.78, 5) is 11.9. The predicted octanol–water partition coefficient (Wildman–Crippen LogP) is 4.37. The highest BCUT2D eigenvalue weighted by atomic mass is 32.2. The van der Waals surface area contributed by atoms with Crippen LogP contribution in [0.5, 0.6) is 5.75 Å². The van der Waals surface area contributed by atoms with Crippen LogP contribution in [0.3, 0.4) is 0 Å². The number of rotatable bonds is 4. The van der Waals surface area contributed by atoms with Crippen molar-refractivity contribution < 1.29 is 14.4 Å². The number of nitro benzene ring substituents is 1. The van der Waals surface area contributed by atoms with E-state index in [1.165, 1.54) is 22.1 Å². The highest BCUT2D eigenvalue weighted by Crippen LogP contribution is 2.36. The standard InChI is InChI=1S/C17H17NO4S/c1-11-3-4-16(12(2)5-11)23-9-14-7-15(18(19)20)6-13-8-21-10-22-17(13)14/h3-7H,8-10H2,1-2H3. The van der Waals surface area contributed by atoms with Gasteiger partial charge >= 0.3 is 0 Å². The first-order valence-electron chi connectivity index (χ1n) is 7.25. The van der Waals surface area contributed by atoms with E-state index < -0.39 is 0 Å². The summed E-state index contributed by atoms with van der Waals surface area (Å²) in [6.45, 7) is 4.67. The molecule has 0 amide bonds. The quantitative estimate of drug-likeness (QED) is 0.473. The van der Waals surface area contributed by atoms with E-state index in [2.05, 4.69) is 32.0 Å². The minimum Gasteiger partial charge on any atom is -0.467 e. The van der Waals surface area contributed by atoms with Gasteiger partial charge in [-0.3, -0.25) is 10.1 Å². The third kappa shape index (κ3) is 3.48. The third-order valence-corrected chi connectivity index (χ3v) is 4.92. The fourth-order valence-corrected chi connectivity index (χ4v) is 3.59. The molecule has 3 rings (SSSR count). The van der Waals surface area contributed by atoms with E-state index in [0.717, 1.165) is 16.9 Å². The number of hydrogen-bond acceptors (Lipinski definition) is 5. The number of ether oxygens (including phenoxy) is 2. The number of nitrogens with zero attached hydrogens (tertiary/aromatic N) is 1. The Morgan fingerprint density at radius 3 is 2.83 bits per heavy atom. The summed E-state index contributed by atoms with van der Waals surface area (Å²) in [5.74, 6) is 1.34. The molecule has 0 fully saturated rings. The lowest BCUT2D eigenvalue weighted by Gasteiger charge is -2.20. The molecule has 2 aromatic rings. The molecular formula is C17H17NO4S.